The number of halogens is 4. The third-order valence-corrected chi connectivity index (χ3v) is 4.51. The van der Waals surface area contributed by atoms with Gasteiger partial charge in [0, 0.05) is 43.9 Å². The summed E-state index contributed by atoms with van der Waals surface area (Å²) in [6.45, 7) is 6.54. The zero-order chi connectivity index (χ0) is 17.5. The van der Waals surface area contributed by atoms with Crippen LogP contribution in [0, 0.1) is 5.82 Å². The number of carbonyl (C=O) groups excluding carboxylic acids is 1. The molecule has 1 fully saturated rings. The summed E-state index contributed by atoms with van der Waals surface area (Å²) >= 11 is 0. The topological polar surface area (TPSA) is 47.6 Å². The Kier molecular flexibility index (Phi) is 15.0. The van der Waals surface area contributed by atoms with E-state index >= 15 is 0 Å². The third kappa shape index (κ3) is 8.83. The molecule has 1 saturated heterocycles. The molecule has 0 radical (unpaired) electrons. The Bertz CT molecular complexity index is 557. The fourth-order valence-electron chi connectivity index (χ4n) is 3.02. The van der Waals surface area contributed by atoms with Crippen LogP contribution in [0.25, 0.3) is 0 Å². The number of rotatable bonds is 7. The first-order valence-electron chi connectivity index (χ1n) is 8.68. The lowest BCUT2D eigenvalue weighted by molar-refractivity contribution is -0.121. The molecular weight excluding hydrogens is 414 g/mol. The predicted octanol–water partition coefficient (Wildman–Crippen LogP) is 3.02. The number of piperazine rings is 1. The minimum atomic E-state index is -0.265. The Morgan fingerprint density at radius 3 is 2.41 bits per heavy atom. The van der Waals surface area contributed by atoms with Gasteiger partial charge in [0.1, 0.15) is 5.82 Å². The molecule has 27 heavy (non-hydrogen) atoms. The first kappa shape index (κ1) is 28.4. The number of likely N-dealkylation sites (N-methyl/N-ethyl adjacent to an activating group) is 1. The number of hydrogen-bond donors (Lipinski definition) is 2. The number of nitrogens with zero attached hydrogens (tertiary/aromatic N) is 2. The van der Waals surface area contributed by atoms with Crippen LogP contribution >= 0.6 is 37.2 Å². The van der Waals surface area contributed by atoms with Gasteiger partial charge in [0.15, 0.2) is 0 Å². The van der Waals surface area contributed by atoms with Crippen molar-refractivity contribution in [1.82, 2.24) is 15.5 Å². The van der Waals surface area contributed by atoms with Gasteiger partial charge in [-0.2, -0.15) is 0 Å². The van der Waals surface area contributed by atoms with Crippen molar-refractivity contribution in [3.8, 4) is 0 Å². The lowest BCUT2D eigenvalue weighted by atomic mass is 10.0. The molecule has 0 aromatic heterocycles. The maximum atomic E-state index is 13.8. The third-order valence-electron chi connectivity index (χ3n) is 4.51. The van der Waals surface area contributed by atoms with Gasteiger partial charge in [-0.1, -0.05) is 0 Å². The van der Waals surface area contributed by atoms with Gasteiger partial charge in [0.2, 0.25) is 5.91 Å². The first-order chi connectivity index (χ1) is 11.5. The molecule has 1 atom stereocenters. The minimum absolute atomic E-state index is 0. The van der Waals surface area contributed by atoms with Gasteiger partial charge in [-0.05, 0) is 52.2 Å². The lowest BCUT2D eigenvalue weighted by Gasteiger charge is -2.36. The minimum Gasteiger partial charge on any atom is -0.369 e. The van der Waals surface area contributed by atoms with Gasteiger partial charge >= 0.3 is 0 Å². The number of carbonyl (C=O) groups is 1. The largest absolute Gasteiger partial charge is 0.369 e. The number of amides is 1. The summed E-state index contributed by atoms with van der Waals surface area (Å²) in [4.78, 5) is 16.6. The average Bonchev–Trinajstić information content (AvgIpc) is 2.56. The van der Waals surface area contributed by atoms with Crippen LogP contribution in [-0.4, -0.2) is 57.6 Å². The molecule has 9 heteroatoms. The van der Waals surface area contributed by atoms with Crippen LogP contribution in [0.1, 0.15) is 31.4 Å². The molecule has 5 nitrogen and oxygen atoms in total. The smallest absolute Gasteiger partial charge is 0.220 e. The molecule has 0 bridgehead atoms. The molecule has 158 valence electrons. The van der Waals surface area contributed by atoms with E-state index in [2.05, 4.69) is 27.5 Å². The highest BCUT2D eigenvalue weighted by Crippen LogP contribution is 2.28. The summed E-state index contributed by atoms with van der Waals surface area (Å²) in [5, 5.41) is 6.03. The summed E-state index contributed by atoms with van der Waals surface area (Å²) in [5.41, 5.74) is 1.87. The molecule has 2 N–H and O–H groups in total. The fourth-order valence-corrected chi connectivity index (χ4v) is 3.02. The van der Waals surface area contributed by atoms with Crippen molar-refractivity contribution < 1.29 is 9.18 Å². The van der Waals surface area contributed by atoms with Crippen molar-refractivity contribution >= 4 is 48.8 Å². The van der Waals surface area contributed by atoms with Crippen LogP contribution in [-0.2, 0) is 4.79 Å². The molecule has 2 rings (SSSR count). The second-order valence-corrected chi connectivity index (χ2v) is 6.49. The maximum Gasteiger partial charge on any atom is 0.220 e. The molecule has 1 unspecified atom stereocenters. The van der Waals surface area contributed by atoms with Gasteiger partial charge in [0.05, 0.1) is 6.04 Å². The fraction of sp³-hybridized carbons (Fsp3) is 0.611. The highest BCUT2D eigenvalue weighted by atomic mass is 35.5. The maximum absolute atomic E-state index is 13.8. The zero-order valence-electron chi connectivity index (χ0n) is 16.2. The van der Waals surface area contributed by atoms with Crippen molar-refractivity contribution in [2.45, 2.75) is 25.8 Å². The normalized spacial score (nSPS) is 15.0. The van der Waals surface area contributed by atoms with Crippen LogP contribution in [0.5, 0.6) is 0 Å². The summed E-state index contributed by atoms with van der Waals surface area (Å²) in [7, 11) is 3.98. The summed E-state index contributed by atoms with van der Waals surface area (Å²) in [6.07, 6.45) is 1.27. The average molecular weight is 446 g/mol. The van der Waals surface area contributed by atoms with E-state index in [-0.39, 0.29) is 55.0 Å². The van der Waals surface area contributed by atoms with E-state index in [9.17, 15) is 9.18 Å². The number of anilines is 1. The zero-order valence-corrected chi connectivity index (χ0v) is 18.6. The van der Waals surface area contributed by atoms with Crippen molar-refractivity contribution in [2.75, 3.05) is 51.7 Å². The molecule has 1 heterocycles. The van der Waals surface area contributed by atoms with Gasteiger partial charge in [0.25, 0.3) is 0 Å². The Morgan fingerprint density at radius 1 is 1.19 bits per heavy atom. The van der Waals surface area contributed by atoms with Crippen LogP contribution < -0.4 is 15.5 Å². The second-order valence-electron chi connectivity index (χ2n) is 6.49. The van der Waals surface area contributed by atoms with Gasteiger partial charge < -0.3 is 20.4 Å². The van der Waals surface area contributed by atoms with E-state index in [1.54, 1.807) is 6.07 Å². The van der Waals surface area contributed by atoms with Crippen molar-refractivity contribution in [2.24, 2.45) is 0 Å². The van der Waals surface area contributed by atoms with E-state index in [0.29, 0.717) is 6.42 Å². The van der Waals surface area contributed by atoms with E-state index in [1.165, 1.54) is 6.07 Å². The highest BCUT2D eigenvalue weighted by molar-refractivity contribution is 5.86. The van der Waals surface area contributed by atoms with E-state index in [4.69, 9.17) is 0 Å². The molecule has 1 aromatic carbocycles. The number of hydrogen-bond acceptors (Lipinski definition) is 4. The molecule has 1 aliphatic heterocycles. The second kappa shape index (κ2) is 14.2. The molecular formula is C18H32Cl3FN4O. The van der Waals surface area contributed by atoms with E-state index in [1.807, 2.05) is 20.0 Å². The van der Waals surface area contributed by atoms with Crippen LogP contribution in [0.15, 0.2) is 18.2 Å². The quantitative estimate of drug-likeness (QED) is 0.633. The number of nitrogens with one attached hydrogen (secondary N) is 2. The molecule has 0 spiro atoms. The van der Waals surface area contributed by atoms with Crippen molar-refractivity contribution in [1.29, 1.82) is 0 Å². The lowest BCUT2D eigenvalue weighted by Crippen LogP contribution is -2.45. The molecule has 0 aliphatic carbocycles. The van der Waals surface area contributed by atoms with Crippen LogP contribution in [0.2, 0.25) is 0 Å². The van der Waals surface area contributed by atoms with Gasteiger partial charge in [-0.15, -0.1) is 37.2 Å². The SMILES string of the molecule is CNCCCC(=O)NC(C)c1cc(F)ccc1N1CCN(C)CC1.Cl.Cl.Cl. The highest BCUT2D eigenvalue weighted by Gasteiger charge is 2.21. The Morgan fingerprint density at radius 2 is 1.81 bits per heavy atom. The Balaban J connectivity index is 0. The summed E-state index contributed by atoms with van der Waals surface area (Å²) in [6, 6.07) is 4.67. The number of benzene rings is 1. The molecule has 1 amide bonds. The Labute approximate surface area is 180 Å². The van der Waals surface area contributed by atoms with Gasteiger partial charge in [-0.3, -0.25) is 4.79 Å². The summed E-state index contributed by atoms with van der Waals surface area (Å²) < 4.78 is 13.8. The monoisotopic (exact) mass is 444 g/mol. The Hall–Kier alpha value is -0.790. The van der Waals surface area contributed by atoms with Crippen LogP contribution in [0.3, 0.4) is 0 Å². The molecule has 1 aliphatic rings. The summed E-state index contributed by atoms with van der Waals surface area (Å²) in [5.74, 6) is -0.259. The first-order valence-corrected chi connectivity index (χ1v) is 8.68. The predicted molar refractivity (Wildman–Crippen MR) is 118 cm³/mol. The van der Waals surface area contributed by atoms with E-state index in [0.717, 1.165) is 50.4 Å². The van der Waals surface area contributed by atoms with Crippen molar-refractivity contribution in [3.63, 3.8) is 0 Å². The van der Waals surface area contributed by atoms with Crippen molar-refractivity contribution in [3.05, 3.63) is 29.6 Å². The molecule has 1 aromatic rings. The molecule has 0 saturated carbocycles. The van der Waals surface area contributed by atoms with Crippen LogP contribution in [0.4, 0.5) is 10.1 Å². The van der Waals surface area contributed by atoms with Gasteiger partial charge in [-0.25, -0.2) is 4.39 Å². The standard InChI is InChI=1S/C18H29FN4O.3ClH/c1-14(21-18(24)5-4-8-20-2)16-13-15(19)6-7-17(16)23-11-9-22(3)10-12-23;;;/h6-7,13-14,20H,4-5,8-12H2,1-3H3,(H,21,24);3*1H. The van der Waals surface area contributed by atoms with E-state index < -0.39 is 0 Å².